The fraction of sp³-hybridized carbons (Fsp3) is 0.636. The third-order valence-electron chi connectivity index (χ3n) is 2.49. The van der Waals surface area contributed by atoms with E-state index >= 15 is 0 Å². The average molecular weight is 226 g/mol. The Labute approximate surface area is 95.0 Å². The van der Waals surface area contributed by atoms with Gasteiger partial charge in [-0.05, 0) is 19.8 Å². The Kier molecular flexibility index (Phi) is 4.98. The van der Waals surface area contributed by atoms with E-state index in [4.69, 9.17) is 10.5 Å². The van der Waals surface area contributed by atoms with Crippen LogP contribution in [0.3, 0.4) is 0 Å². The van der Waals surface area contributed by atoms with Gasteiger partial charge in [0.1, 0.15) is 0 Å². The maximum Gasteiger partial charge on any atom is 0.330 e. The Morgan fingerprint density at radius 1 is 1.75 bits per heavy atom. The third-order valence-corrected chi connectivity index (χ3v) is 2.49. The summed E-state index contributed by atoms with van der Waals surface area (Å²) in [5, 5.41) is 2.75. The summed E-state index contributed by atoms with van der Waals surface area (Å²) >= 11 is 0. The molecule has 90 valence electrons. The minimum atomic E-state index is -0.395. The van der Waals surface area contributed by atoms with Gasteiger partial charge in [-0.3, -0.25) is 4.79 Å². The minimum absolute atomic E-state index is 0.0261. The van der Waals surface area contributed by atoms with Crippen molar-refractivity contribution in [2.45, 2.75) is 25.8 Å². The molecule has 0 aromatic rings. The molecule has 3 N–H and O–H groups in total. The van der Waals surface area contributed by atoms with Crippen molar-refractivity contribution in [3.05, 3.63) is 12.2 Å². The Morgan fingerprint density at radius 3 is 3.06 bits per heavy atom. The molecule has 2 atom stereocenters. The number of ether oxygens (including phenoxy) is 1. The first-order chi connectivity index (χ1) is 7.63. The van der Waals surface area contributed by atoms with Crippen LogP contribution in [0.4, 0.5) is 0 Å². The quantitative estimate of drug-likeness (QED) is 0.509. The van der Waals surface area contributed by atoms with Crippen molar-refractivity contribution in [2.75, 3.05) is 13.2 Å². The van der Waals surface area contributed by atoms with Gasteiger partial charge in [0.15, 0.2) is 0 Å². The van der Waals surface area contributed by atoms with E-state index in [9.17, 15) is 9.59 Å². The molecule has 1 aliphatic heterocycles. The van der Waals surface area contributed by atoms with Crippen LogP contribution in [0.5, 0.6) is 0 Å². The minimum Gasteiger partial charge on any atom is -0.463 e. The number of hydrogen-bond donors (Lipinski definition) is 2. The molecule has 1 fully saturated rings. The van der Waals surface area contributed by atoms with Crippen LogP contribution in [0, 0.1) is 5.92 Å². The van der Waals surface area contributed by atoms with Gasteiger partial charge in [-0.25, -0.2) is 4.79 Å². The first-order valence-electron chi connectivity index (χ1n) is 5.51. The van der Waals surface area contributed by atoms with Gasteiger partial charge < -0.3 is 15.8 Å². The van der Waals surface area contributed by atoms with Crippen LogP contribution < -0.4 is 11.1 Å². The summed E-state index contributed by atoms with van der Waals surface area (Å²) < 4.78 is 4.72. The lowest BCUT2D eigenvalue weighted by Crippen LogP contribution is -2.26. The van der Waals surface area contributed by atoms with Crippen molar-refractivity contribution in [1.29, 1.82) is 0 Å². The second-order valence-electron chi connectivity index (χ2n) is 3.79. The fourth-order valence-corrected chi connectivity index (χ4v) is 1.67. The number of amides is 1. The van der Waals surface area contributed by atoms with Gasteiger partial charge in [0.05, 0.1) is 6.61 Å². The molecule has 5 nitrogen and oxygen atoms in total. The van der Waals surface area contributed by atoms with E-state index in [2.05, 4.69) is 5.32 Å². The fourth-order valence-electron chi connectivity index (χ4n) is 1.67. The Hall–Kier alpha value is -1.36. The molecule has 0 saturated carbocycles. The Bertz CT molecular complexity index is 289. The van der Waals surface area contributed by atoms with E-state index in [0.717, 1.165) is 13.0 Å². The highest BCUT2D eigenvalue weighted by molar-refractivity contribution is 5.82. The molecule has 5 heteroatoms. The molecule has 1 aliphatic rings. The lowest BCUT2D eigenvalue weighted by Gasteiger charge is -2.10. The van der Waals surface area contributed by atoms with E-state index < -0.39 is 5.97 Å². The average Bonchev–Trinajstić information content (AvgIpc) is 2.62. The van der Waals surface area contributed by atoms with Gasteiger partial charge in [-0.2, -0.15) is 0 Å². The van der Waals surface area contributed by atoms with Gasteiger partial charge in [0, 0.05) is 24.6 Å². The zero-order valence-electron chi connectivity index (χ0n) is 9.44. The smallest absolute Gasteiger partial charge is 0.330 e. The molecule has 1 saturated heterocycles. The summed E-state index contributed by atoms with van der Waals surface area (Å²) in [7, 11) is 0. The molecular formula is C11H18N2O3. The van der Waals surface area contributed by atoms with Crippen molar-refractivity contribution in [2.24, 2.45) is 11.7 Å². The van der Waals surface area contributed by atoms with E-state index in [0.29, 0.717) is 13.0 Å². The highest BCUT2D eigenvalue weighted by Crippen LogP contribution is 2.15. The first kappa shape index (κ1) is 12.7. The van der Waals surface area contributed by atoms with Crippen LogP contribution in [-0.4, -0.2) is 31.1 Å². The van der Waals surface area contributed by atoms with Gasteiger partial charge in [-0.15, -0.1) is 0 Å². The topological polar surface area (TPSA) is 81.4 Å². The normalized spacial score (nSPS) is 22.1. The standard InChI is InChI=1S/C11H18N2O3/c1-2-16-10(14)4-3-9(12)7-8-5-6-13-11(8)15/h3-4,8-9H,2,5-7,12H2,1H3,(H,13,15)/b4-3+/t8-,9?/m0/s1. The molecule has 0 aromatic carbocycles. The van der Waals surface area contributed by atoms with Crippen LogP contribution >= 0.6 is 0 Å². The number of nitrogens with two attached hydrogens (primary N) is 1. The zero-order chi connectivity index (χ0) is 12.0. The number of nitrogens with one attached hydrogen (secondary N) is 1. The molecule has 0 radical (unpaired) electrons. The summed E-state index contributed by atoms with van der Waals surface area (Å²) in [6, 6.07) is -0.279. The van der Waals surface area contributed by atoms with E-state index in [1.54, 1.807) is 13.0 Å². The highest BCUT2D eigenvalue weighted by Gasteiger charge is 2.25. The molecule has 1 rings (SSSR count). The lowest BCUT2D eigenvalue weighted by atomic mass is 9.99. The summed E-state index contributed by atoms with van der Waals surface area (Å²) in [4.78, 5) is 22.3. The number of esters is 1. The predicted octanol–water partition coefficient (Wildman–Crippen LogP) is -0.0408. The second-order valence-corrected chi connectivity index (χ2v) is 3.79. The monoisotopic (exact) mass is 226 g/mol. The van der Waals surface area contributed by atoms with Gasteiger partial charge in [0.2, 0.25) is 5.91 Å². The zero-order valence-corrected chi connectivity index (χ0v) is 9.44. The van der Waals surface area contributed by atoms with E-state index in [-0.39, 0.29) is 17.9 Å². The SMILES string of the molecule is CCOC(=O)/C=C/C(N)C[C@@H]1CCNC1=O. The maximum atomic E-state index is 11.3. The van der Waals surface area contributed by atoms with Gasteiger partial charge in [-0.1, -0.05) is 6.08 Å². The summed E-state index contributed by atoms with van der Waals surface area (Å²) in [5.74, 6) is -0.365. The second kappa shape index (κ2) is 6.27. The molecular weight excluding hydrogens is 208 g/mol. The van der Waals surface area contributed by atoms with Crippen molar-refractivity contribution in [3.8, 4) is 0 Å². The van der Waals surface area contributed by atoms with Crippen LogP contribution in [0.1, 0.15) is 19.8 Å². The number of rotatable bonds is 5. The van der Waals surface area contributed by atoms with Crippen molar-refractivity contribution in [3.63, 3.8) is 0 Å². The molecule has 0 aliphatic carbocycles. The lowest BCUT2D eigenvalue weighted by molar-refractivity contribution is -0.137. The molecule has 0 aromatic heterocycles. The number of carbonyl (C=O) groups excluding carboxylic acids is 2. The van der Waals surface area contributed by atoms with Crippen molar-refractivity contribution in [1.82, 2.24) is 5.32 Å². The van der Waals surface area contributed by atoms with E-state index in [1.807, 2.05) is 0 Å². The predicted molar refractivity (Wildman–Crippen MR) is 59.5 cm³/mol. The largest absolute Gasteiger partial charge is 0.463 e. The number of carbonyl (C=O) groups is 2. The molecule has 1 amide bonds. The highest BCUT2D eigenvalue weighted by atomic mass is 16.5. The summed E-state index contributed by atoms with van der Waals surface area (Å²) in [5.41, 5.74) is 5.79. The van der Waals surface area contributed by atoms with Crippen molar-refractivity contribution >= 4 is 11.9 Å². The van der Waals surface area contributed by atoms with Crippen LogP contribution in [0.2, 0.25) is 0 Å². The van der Waals surface area contributed by atoms with Crippen molar-refractivity contribution < 1.29 is 14.3 Å². The molecule has 0 spiro atoms. The van der Waals surface area contributed by atoms with E-state index in [1.165, 1.54) is 6.08 Å². The first-order valence-corrected chi connectivity index (χ1v) is 5.51. The van der Waals surface area contributed by atoms with Gasteiger partial charge in [0.25, 0.3) is 0 Å². The molecule has 1 heterocycles. The molecule has 0 bridgehead atoms. The molecule has 1 unspecified atom stereocenters. The van der Waals surface area contributed by atoms with Crippen LogP contribution in [0.15, 0.2) is 12.2 Å². The summed E-state index contributed by atoms with van der Waals surface area (Å²) in [6.45, 7) is 2.82. The molecule has 16 heavy (non-hydrogen) atoms. The van der Waals surface area contributed by atoms with Crippen LogP contribution in [-0.2, 0) is 14.3 Å². The van der Waals surface area contributed by atoms with Gasteiger partial charge >= 0.3 is 5.97 Å². The third kappa shape index (κ3) is 4.02. The van der Waals surface area contributed by atoms with Crippen LogP contribution in [0.25, 0.3) is 0 Å². The summed E-state index contributed by atoms with van der Waals surface area (Å²) in [6.07, 6.45) is 4.30. The Balaban J connectivity index is 2.32. The Morgan fingerprint density at radius 2 is 2.50 bits per heavy atom. The maximum absolute atomic E-state index is 11.3. The number of hydrogen-bond acceptors (Lipinski definition) is 4.